The van der Waals surface area contributed by atoms with E-state index in [0.717, 1.165) is 23.0 Å². The van der Waals surface area contributed by atoms with E-state index in [1.807, 2.05) is 12.3 Å². The molecule has 0 spiro atoms. The van der Waals surface area contributed by atoms with Crippen molar-refractivity contribution in [1.82, 2.24) is 10.3 Å². The summed E-state index contributed by atoms with van der Waals surface area (Å²) in [4.78, 5) is 4.30. The van der Waals surface area contributed by atoms with Crippen LogP contribution in [0, 0.1) is 11.8 Å². The van der Waals surface area contributed by atoms with Crippen LogP contribution in [0.25, 0.3) is 5.57 Å². The van der Waals surface area contributed by atoms with E-state index < -0.39 is 0 Å². The molecule has 0 aromatic carbocycles. The van der Waals surface area contributed by atoms with E-state index in [0.29, 0.717) is 0 Å². The minimum Gasteiger partial charge on any atom is -0.316 e. The molecule has 0 radical (unpaired) electrons. The first-order chi connectivity index (χ1) is 7.83. The van der Waals surface area contributed by atoms with Gasteiger partial charge in [-0.3, -0.25) is 0 Å². The van der Waals surface area contributed by atoms with Gasteiger partial charge in [0.1, 0.15) is 4.60 Å². The van der Waals surface area contributed by atoms with Crippen LogP contribution in [0.3, 0.4) is 0 Å². The summed E-state index contributed by atoms with van der Waals surface area (Å²) >= 11 is 3.37. The zero-order valence-electron chi connectivity index (χ0n) is 9.12. The van der Waals surface area contributed by atoms with Crippen LogP contribution in [-0.4, -0.2) is 18.1 Å². The highest BCUT2D eigenvalue weighted by atomic mass is 79.9. The van der Waals surface area contributed by atoms with Crippen molar-refractivity contribution in [2.75, 3.05) is 13.1 Å². The number of fused-ring (bicyclic) bond motifs is 1. The first-order valence-electron chi connectivity index (χ1n) is 5.86. The summed E-state index contributed by atoms with van der Waals surface area (Å²) in [6.45, 7) is 2.35. The Morgan fingerprint density at radius 2 is 2.25 bits per heavy atom. The highest BCUT2D eigenvalue weighted by Crippen LogP contribution is 2.35. The predicted octanol–water partition coefficient (Wildman–Crippen LogP) is 2.86. The molecule has 0 bridgehead atoms. The molecule has 0 unspecified atom stereocenters. The van der Waals surface area contributed by atoms with Gasteiger partial charge in [0, 0.05) is 12.7 Å². The van der Waals surface area contributed by atoms with Gasteiger partial charge in [0.25, 0.3) is 0 Å². The monoisotopic (exact) mass is 278 g/mol. The van der Waals surface area contributed by atoms with E-state index in [1.54, 1.807) is 0 Å². The molecule has 2 atom stereocenters. The lowest BCUT2D eigenvalue weighted by atomic mass is 9.81. The summed E-state index contributed by atoms with van der Waals surface area (Å²) in [6.07, 6.45) is 6.95. The average molecular weight is 279 g/mol. The summed E-state index contributed by atoms with van der Waals surface area (Å²) < 4.78 is 0.910. The third-order valence-electron chi connectivity index (χ3n) is 3.69. The third kappa shape index (κ3) is 1.94. The minimum atomic E-state index is 0.743. The highest BCUT2D eigenvalue weighted by molar-refractivity contribution is 9.10. The molecule has 84 valence electrons. The SMILES string of the molecule is Brc1ccc(C2=C[C@H]3CNC[C@H]3CC2)cn1. The average Bonchev–Trinajstić information content (AvgIpc) is 2.77. The molecule has 1 saturated heterocycles. The zero-order chi connectivity index (χ0) is 11.0. The van der Waals surface area contributed by atoms with Crippen molar-refractivity contribution in [3.63, 3.8) is 0 Å². The molecule has 1 aliphatic heterocycles. The fourth-order valence-electron chi connectivity index (χ4n) is 2.75. The topological polar surface area (TPSA) is 24.9 Å². The third-order valence-corrected chi connectivity index (χ3v) is 4.16. The van der Waals surface area contributed by atoms with Crippen molar-refractivity contribution in [3.05, 3.63) is 34.6 Å². The number of aromatic nitrogens is 1. The van der Waals surface area contributed by atoms with Gasteiger partial charge in [0.05, 0.1) is 0 Å². The van der Waals surface area contributed by atoms with Gasteiger partial charge in [-0.2, -0.15) is 0 Å². The summed E-state index contributed by atoms with van der Waals surface area (Å²) in [7, 11) is 0. The Morgan fingerprint density at radius 1 is 1.31 bits per heavy atom. The van der Waals surface area contributed by atoms with E-state index in [4.69, 9.17) is 0 Å². The van der Waals surface area contributed by atoms with E-state index in [-0.39, 0.29) is 0 Å². The molecule has 2 nitrogen and oxygen atoms in total. The van der Waals surface area contributed by atoms with Crippen LogP contribution in [0.15, 0.2) is 29.0 Å². The lowest BCUT2D eigenvalue weighted by Crippen LogP contribution is -2.15. The lowest BCUT2D eigenvalue weighted by Gasteiger charge is -2.23. The Balaban J connectivity index is 1.87. The predicted molar refractivity (Wildman–Crippen MR) is 69.0 cm³/mol. The van der Waals surface area contributed by atoms with Gasteiger partial charge in [-0.25, -0.2) is 4.98 Å². The number of hydrogen-bond acceptors (Lipinski definition) is 2. The Labute approximate surface area is 104 Å². The molecule has 1 fully saturated rings. The summed E-state index contributed by atoms with van der Waals surface area (Å²) in [5, 5.41) is 3.48. The quantitative estimate of drug-likeness (QED) is 0.800. The van der Waals surface area contributed by atoms with Crippen molar-refractivity contribution in [2.24, 2.45) is 11.8 Å². The lowest BCUT2D eigenvalue weighted by molar-refractivity contribution is 0.448. The number of allylic oxidation sites excluding steroid dienone is 1. The normalized spacial score (nSPS) is 28.7. The summed E-state index contributed by atoms with van der Waals surface area (Å²) in [5.41, 5.74) is 2.76. The van der Waals surface area contributed by atoms with Gasteiger partial charge < -0.3 is 5.32 Å². The van der Waals surface area contributed by atoms with E-state index in [2.05, 4.69) is 38.4 Å². The van der Waals surface area contributed by atoms with Crippen LogP contribution in [0.5, 0.6) is 0 Å². The second kappa shape index (κ2) is 4.30. The van der Waals surface area contributed by atoms with Crippen LogP contribution < -0.4 is 5.32 Å². The van der Waals surface area contributed by atoms with E-state index in [9.17, 15) is 0 Å². The summed E-state index contributed by atoms with van der Waals surface area (Å²) in [6, 6.07) is 4.18. The molecule has 2 heterocycles. The Kier molecular flexibility index (Phi) is 2.82. The molecule has 1 aromatic heterocycles. The maximum absolute atomic E-state index is 4.30. The molecule has 1 aliphatic carbocycles. The molecule has 3 rings (SSSR count). The van der Waals surface area contributed by atoms with E-state index >= 15 is 0 Å². The molecule has 16 heavy (non-hydrogen) atoms. The number of pyridine rings is 1. The Bertz CT molecular complexity index is 410. The first kappa shape index (κ1) is 10.5. The largest absolute Gasteiger partial charge is 0.316 e. The fraction of sp³-hybridized carbons (Fsp3) is 0.462. The number of nitrogens with zero attached hydrogens (tertiary/aromatic N) is 1. The first-order valence-corrected chi connectivity index (χ1v) is 6.65. The van der Waals surface area contributed by atoms with Crippen LogP contribution >= 0.6 is 15.9 Å². The van der Waals surface area contributed by atoms with Crippen molar-refractivity contribution in [2.45, 2.75) is 12.8 Å². The molecular formula is C13H15BrN2. The van der Waals surface area contributed by atoms with Gasteiger partial charge in [-0.1, -0.05) is 12.1 Å². The summed E-state index contributed by atoms with van der Waals surface area (Å²) in [5.74, 6) is 1.61. The second-order valence-electron chi connectivity index (χ2n) is 4.68. The molecule has 3 heteroatoms. The molecule has 1 N–H and O–H groups in total. The molecule has 1 aromatic rings. The van der Waals surface area contributed by atoms with Gasteiger partial charge in [-0.05, 0) is 64.4 Å². The zero-order valence-corrected chi connectivity index (χ0v) is 10.7. The van der Waals surface area contributed by atoms with Crippen molar-refractivity contribution in [3.8, 4) is 0 Å². The van der Waals surface area contributed by atoms with Crippen molar-refractivity contribution < 1.29 is 0 Å². The van der Waals surface area contributed by atoms with E-state index in [1.165, 1.54) is 30.5 Å². The number of nitrogens with one attached hydrogen (secondary N) is 1. The smallest absolute Gasteiger partial charge is 0.106 e. The minimum absolute atomic E-state index is 0.743. The number of halogens is 1. The van der Waals surface area contributed by atoms with Crippen LogP contribution in [0.1, 0.15) is 18.4 Å². The fourth-order valence-corrected chi connectivity index (χ4v) is 2.99. The maximum atomic E-state index is 4.30. The molecule has 2 aliphatic rings. The van der Waals surface area contributed by atoms with Crippen molar-refractivity contribution in [1.29, 1.82) is 0 Å². The second-order valence-corrected chi connectivity index (χ2v) is 5.49. The van der Waals surface area contributed by atoms with Crippen molar-refractivity contribution >= 4 is 21.5 Å². The van der Waals surface area contributed by atoms with Gasteiger partial charge >= 0.3 is 0 Å². The maximum Gasteiger partial charge on any atom is 0.106 e. The highest BCUT2D eigenvalue weighted by Gasteiger charge is 2.29. The van der Waals surface area contributed by atoms with Crippen LogP contribution in [-0.2, 0) is 0 Å². The Hall–Kier alpha value is -0.670. The van der Waals surface area contributed by atoms with Gasteiger partial charge in [0.15, 0.2) is 0 Å². The Morgan fingerprint density at radius 3 is 3.06 bits per heavy atom. The molecular weight excluding hydrogens is 264 g/mol. The van der Waals surface area contributed by atoms with Crippen LogP contribution in [0.2, 0.25) is 0 Å². The molecule has 0 saturated carbocycles. The number of hydrogen-bond donors (Lipinski definition) is 1. The standard InChI is InChI=1S/C13H15BrN2/c14-13-4-3-11(8-16-13)9-1-2-10-6-15-7-12(10)5-9/h3-5,8,10,12,15H,1-2,6-7H2/t10-,12+/m1/s1. The van der Waals surface area contributed by atoms with Crippen LogP contribution in [0.4, 0.5) is 0 Å². The van der Waals surface area contributed by atoms with Gasteiger partial charge in [0.2, 0.25) is 0 Å². The number of rotatable bonds is 1. The van der Waals surface area contributed by atoms with Gasteiger partial charge in [-0.15, -0.1) is 0 Å². The molecule has 0 amide bonds.